The first-order chi connectivity index (χ1) is 20.2. The number of hydrogen-bond donors (Lipinski definition) is 4. The predicted octanol–water partition coefficient (Wildman–Crippen LogP) is 5.85. The molecule has 0 saturated heterocycles. The molecule has 4 rings (SSSR count). The molecular weight excluding hydrogens is 605 g/mol. The van der Waals surface area contributed by atoms with Crippen molar-refractivity contribution >= 4 is 48.2 Å². The molecule has 4 aromatic rings. The van der Waals surface area contributed by atoms with Crippen molar-refractivity contribution in [3.05, 3.63) is 95.4 Å². The fourth-order valence-electron chi connectivity index (χ4n) is 3.66. The van der Waals surface area contributed by atoms with Crippen LogP contribution < -0.4 is 10.6 Å². The van der Waals surface area contributed by atoms with Crippen LogP contribution in [0.15, 0.2) is 72.9 Å². The van der Waals surface area contributed by atoms with Crippen molar-refractivity contribution < 1.29 is 60.3 Å². The molecule has 0 saturated carbocycles. The van der Waals surface area contributed by atoms with Crippen molar-refractivity contribution in [2.45, 2.75) is 12.8 Å². The summed E-state index contributed by atoms with van der Waals surface area (Å²) in [5.74, 6) is -1.59. The standard InChI is InChI=1S/C26H20F4N3O9P/c27-18-7-10-22-20(11-18)21(32-24(35)31-19-8-5-17(6-9-19)26(28,29)30)12-33(22)25(36)41-14-40-23(34)16-3-1-15(2-4-16)13-42-43(37,38)39/h1-12H,13-14H2,(H2,31,32,35)(H2,37,38,39). The molecule has 0 fully saturated rings. The van der Waals surface area contributed by atoms with Gasteiger partial charge in [0.25, 0.3) is 0 Å². The van der Waals surface area contributed by atoms with E-state index in [0.717, 1.165) is 47.2 Å². The average Bonchev–Trinajstić information content (AvgIpc) is 3.28. The molecule has 0 aliphatic heterocycles. The Kier molecular flexibility index (Phi) is 9.16. The highest BCUT2D eigenvalue weighted by Crippen LogP contribution is 2.37. The fourth-order valence-corrected chi connectivity index (χ4v) is 3.98. The lowest BCUT2D eigenvalue weighted by Gasteiger charge is -2.09. The Morgan fingerprint density at radius 2 is 1.58 bits per heavy atom. The van der Waals surface area contributed by atoms with Crippen molar-refractivity contribution in [1.82, 2.24) is 4.57 Å². The van der Waals surface area contributed by atoms with Crippen LogP contribution in [-0.4, -0.2) is 39.2 Å². The van der Waals surface area contributed by atoms with E-state index >= 15 is 0 Å². The molecule has 0 radical (unpaired) electrons. The number of rotatable bonds is 8. The van der Waals surface area contributed by atoms with Crippen LogP contribution in [0.4, 0.5) is 38.5 Å². The molecular formula is C26H20F4N3O9P. The van der Waals surface area contributed by atoms with Crippen LogP contribution in [0.25, 0.3) is 10.9 Å². The molecule has 0 bridgehead atoms. The number of carbonyl (C=O) groups excluding carboxylic acids is 3. The third kappa shape index (κ3) is 8.39. The van der Waals surface area contributed by atoms with Gasteiger partial charge in [0.1, 0.15) is 5.82 Å². The maximum Gasteiger partial charge on any atom is 0.469 e. The number of benzene rings is 3. The van der Waals surface area contributed by atoms with Crippen LogP contribution in [0.3, 0.4) is 0 Å². The number of carbonyl (C=O) groups is 3. The maximum absolute atomic E-state index is 14.0. The lowest BCUT2D eigenvalue weighted by Crippen LogP contribution is -2.20. The molecule has 0 aliphatic carbocycles. The quantitative estimate of drug-likeness (QED) is 0.0813. The fraction of sp³-hybridized carbons (Fsp3) is 0.115. The molecule has 226 valence electrons. The summed E-state index contributed by atoms with van der Waals surface area (Å²) in [7, 11) is -4.67. The zero-order chi connectivity index (χ0) is 31.4. The molecule has 1 aromatic heterocycles. The first-order valence-corrected chi connectivity index (χ1v) is 13.4. The van der Waals surface area contributed by atoms with Gasteiger partial charge in [-0.15, -0.1) is 0 Å². The number of esters is 1. The Morgan fingerprint density at radius 1 is 0.907 bits per heavy atom. The molecule has 2 amide bonds. The summed E-state index contributed by atoms with van der Waals surface area (Å²) >= 11 is 0. The van der Waals surface area contributed by atoms with Gasteiger partial charge in [0.15, 0.2) is 0 Å². The van der Waals surface area contributed by atoms with Gasteiger partial charge >= 0.3 is 32.1 Å². The van der Waals surface area contributed by atoms with E-state index in [9.17, 15) is 36.5 Å². The van der Waals surface area contributed by atoms with E-state index in [-0.39, 0.29) is 27.8 Å². The molecule has 3 aromatic carbocycles. The molecule has 12 nitrogen and oxygen atoms in total. The third-order valence-electron chi connectivity index (χ3n) is 5.64. The SMILES string of the molecule is O=C(Nc1ccc(C(F)(F)F)cc1)Nc1cn(C(=O)OCOC(=O)c2ccc(COP(=O)(O)O)cc2)c2ccc(F)cc12. The first kappa shape index (κ1) is 31.2. The summed E-state index contributed by atoms with van der Waals surface area (Å²) in [6.07, 6.45) is -4.51. The number of urea groups is 1. The number of nitrogens with zero attached hydrogens (tertiary/aromatic N) is 1. The van der Waals surface area contributed by atoms with Gasteiger partial charge in [-0.05, 0) is 60.2 Å². The molecule has 43 heavy (non-hydrogen) atoms. The van der Waals surface area contributed by atoms with E-state index in [1.807, 2.05) is 0 Å². The highest BCUT2D eigenvalue weighted by atomic mass is 31.2. The van der Waals surface area contributed by atoms with E-state index in [1.54, 1.807) is 0 Å². The van der Waals surface area contributed by atoms with Crippen molar-refractivity contribution in [2.24, 2.45) is 0 Å². The van der Waals surface area contributed by atoms with E-state index in [1.165, 1.54) is 30.3 Å². The smallest absolute Gasteiger partial charge is 0.424 e. The molecule has 0 unspecified atom stereocenters. The van der Waals surface area contributed by atoms with Gasteiger partial charge in [0.05, 0.1) is 28.9 Å². The van der Waals surface area contributed by atoms with Crippen LogP contribution in [0.1, 0.15) is 21.5 Å². The van der Waals surface area contributed by atoms with E-state index in [2.05, 4.69) is 15.2 Å². The first-order valence-electron chi connectivity index (χ1n) is 11.9. The normalized spacial score (nSPS) is 11.7. The number of hydrogen-bond acceptors (Lipinski definition) is 7. The van der Waals surface area contributed by atoms with Gasteiger partial charge in [0.2, 0.25) is 6.79 Å². The number of nitrogens with one attached hydrogen (secondary N) is 2. The van der Waals surface area contributed by atoms with Gasteiger partial charge in [-0.1, -0.05) is 12.1 Å². The number of halogens is 4. The van der Waals surface area contributed by atoms with Crippen LogP contribution in [0.5, 0.6) is 0 Å². The minimum atomic E-state index is -4.67. The molecule has 1 heterocycles. The van der Waals surface area contributed by atoms with Crippen molar-refractivity contribution in [1.29, 1.82) is 0 Å². The second-order valence-electron chi connectivity index (χ2n) is 8.65. The molecule has 0 atom stereocenters. The van der Waals surface area contributed by atoms with Crippen LogP contribution in [0, 0.1) is 5.82 Å². The van der Waals surface area contributed by atoms with Crippen molar-refractivity contribution in [3.8, 4) is 0 Å². The molecule has 17 heteroatoms. The predicted molar refractivity (Wildman–Crippen MR) is 141 cm³/mol. The lowest BCUT2D eigenvalue weighted by molar-refractivity contribution is -0.137. The third-order valence-corrected chi connectivity index (χ3v) is 6.11. The molecule has 4 N–H and O–H groups in total. The number of amides is 2. The largest absolute Gasteiger partial charge is 0.469 e. The van der Waals surface area contributed by atoms with E-state index < -0.39 is 56.9 Å². The van der Waals surface area contributed by atoms with Gasteiger partial charge in [0, 0.05) is 17.3 Å². The van der Waals surface area contributed by atoms with Gasteiger partial charge in [-0.25, -0.2) is 23.3 Å². The Morgan fingerprint density at radius 3 is 2.21 bits per heavy atom. The summed E-state index contributed by atoms with van der Waals surface area (Å²) in [5, 5.41) is 4.81. The number of aromatic nitrogens is 1. The van der Waals surface area contributed by atoms with Gasteiger partial charge in [-0.3, -0.25) is 9.09 Å². The summed E-state index contributed by atoms with van der Waals surface area (Å²) in [5.41, 5.74) is -0.426. The Bertz CT molecular complexity index is 1700. The number of fused-ring (bicyclic) bond motifs is 1. The highest BCUT2D eigenvalue weighted by Gasteiger charge is 2.30. The van der Waals surface area contributed by atoms with Crippen LogP contribution in [0.2, 0.25) is 0 Å². The number of alkyl halides is 3. The van der Waals surface area contributed by atoms with E-state index in [4.69, 9.17) is 19.3 Å². The molecule has 0 aliphatic rings. The summed E-state index contributed by atoms with van der Waals surface area (Å²) in [6.45, 7) is -1.24. The zero-order valence-electron chi connectivity index (χ0n) is 21.5. The summed E-state index contributed by atoms with van der Waals surface area (Å²) < 4.78 is 78.2. The number of phosphoric ester groups is 1. The average molecular weight is 625 g/mol. The zero-order valence-corrected chi connectivity index (χ0v) is 22.4. The van der Waals surface area contributed by atoms with Crippen molar-refractivity contribution in [3.63, 3.8) is 0 Å². The minimum Gasteiger partial charge on any atom is -0.424 e. The summed E-state index contributed by atoms with van der Waals surface area (Å²) in [4.78, 5) is 55.0. The monoisotopic (exact) mass is 625 g/mol. The van der Waals surface area contributed by atoms with Crippen LogP contribution >= 0.6 is 7.82 Å². The van der Waals surface area contributed by atoms with E-state index in [0.29, 0.717) is 5.56 Å². The van der Waals surface area contributed by atoms with Crippen LogP contribution in [-0.2, 0) is 31.3 Å². The second kappa shape index (κ2) is 12.6. The number of phosphoric acid groups is 1. The minimum absolute atomic E-state index is 0.0309. The highest BCUT2D eigenvalue weighted by molar-refractivity contribution is 7.46. The molecule has 0 spiro atoms. The number of ether oxygens (including phenoxy) is 2. The Hall–Kier alpha value is -4.76. The Balaban J connectivity index is 1.38. The van der Waals surface area contributed by atoms with Gasteiger partial charge < -0.3 is 29.9 Å². The topological polar surface area (TPSA) is 165 Å². The number of anilines is 2. The Labute approximate surface area is 239 Å². The maximum atomic E-state index is 14.0. The van der Waals surface area contributed by atoms with Gasteiger partial charge in [-0.2, -0.15) is 13.2 Å². The summed E-state index contributed by atoms with van der Waals surface area (Å²) in [6, 6.07) is 11.4. The van der Waals surface area contributed by atoms with Crippen molar-refractivity contribution in [2.75, 3.05) is 17.4 Å². The lowest BCUT2D eigenvalue weighted by atomic mass is 10.1. The second-order valence-corrected chi connectivity index (χ2v) is 9.89.